The Morgan fingerprint density at radius 2 is 1.81 bits per heavy atom. The van der Waals surface area contributed by atoms with E-state index in [9.17, 15) is 4.79 Å². The van der Waals surface area contributed by atoms with Gasteiger partial charge < -0.3 is 9.64 Å². The van der Waals surface area contributed by atoms with E-state index in [4.69, 9.17) is 4.74 Å². The zero-order valence-corrected chi connectivity index (χ0v) is 18.7. The topological polar surface area (TPSA) is 32.8 Å². The molecule has 0 bridgehead atoms. The molecule has 31 heavy (non-hydrogen) atoms. The second kappa shape index (κ2) is 9.04. The van der Waals surface area contributed by atoms with Crippen LogP contribution in [0.2, 0.25) is 0 Å². The Bertz CT molecular complexity index is 913. The van der Waals surface area contributed by atoms with Crippen LogP contribution in [0.4, 0.5) is 0 Å². The fourth-order valence-electron chi connectivity index (χ4n) is 4.98. The molecule has 0 radical (unpaired) electrons. The third-order valence-electron chi connectivity index (χ3n) is 7.23. The van der Waals surface area contributed by atoms with Crippen molar-refractivity contribution in [3.63, 3.8) is 0 Å². The molecule has 2 fully saturated rings. The van der Waals surface area contributed by atoms with Crippen molar-refractivity contribution in [2.75, 3.05) is 26.7 Å². The first-order valence-corrected chi connectivity index (χ1v) is 12.0. The summed E-state index contributed by atoms with van der Waals surface area (Å²) in [7, 11) is 1.96. The molecule has 3 aliphatic rings. The molecule has 4 nitrogen and oxygen atoms in total. The lowest BCUT2D eigenvalue weighted by Crippen LogP contribution is -2.40. The van der Waals surface area contributed by atoms with Gasteiger partial charge in [0, 0.05) is 25.2 Å². The molecule has 1 saturated heterocycles. The molecule has 1 aliphatic heterocycles. The zero-order chi connectivity index (χ0) is 21.2. The molecule has 0 aromatic heterocycles. The smallest absolute Gasteiger partial charge is 0.253 e. The minimum Gasteiger partial charge on any atom is -0.493 e. The average Bonchev–Trinajstić information content (AvgIpc) is 3.50. The van der Waals surface area contributed by atoms with Crippen molar-refractivity contribution >= 4 is 5.91 Å². The van der Waals surface area contributed by atoms with Crippen LogP contribution in [0, 0.1) is 5.92 Å². The van der Waals surface area contributed by atoms with Crippen molar-refractivity contribution in [3.05, 3.63) is 64.7 Å². The van der Waals surface area contributed by atoms with Gasteiger partial charge in [0.2, 0.25) is 0 Å². The van der Waals surface area contributed by atoms with Gasteiger partial charge in [0.05, 0.1) is 6.61 Å². The quantitative estimate of drug-likeness (QED) is 0.653. The lowest BCUT2D eigenvalue weighted by Gasteiger charge is -2.33. The Morgan fingerprint density at radius 1 is 1.03 bits per heavy atom. The number of hydrogen-bond donors (Lipinski definition) is 0. The summed E-state index contributed by atoms with van der Waals surface area (Å²) in [6.07, 6.45) is 8.28. The number of aryl methyl sites for hydroxylation is 1. The molecule has 1 heterocycles. The van der Waals surface area contributed by atoms with Crippen molar-refractivity contribution in [3.8, 4) is 5.75 Å². The predicted octanol–water partition coefficient (Wildman–Crippen LogP) is 4.70. The maximum absolute atomic E-state index is 13.1. The van der Waals surface area contributed by atoms with Gasteiger partial charge in [-0.1, -0.05) is 18.2 Å². The van der Waals surface area contributed by atoms with Gasteiger partial charge in [-0.25, -0.2) is 0 Å². The van der Waals surface area contributed by atoms with Crippen molar-refractivity contribution in [1.29, 1.82) is 0 Å². The summed E-state index contributed by atoms with van der Waals surface area (Å²) in [5, 5.41) is 0. The molecular weight excluding hydrogens is 384 g/mol. The van der Waals surface area contributed by atoms with Gasteiger partial charge >= 0.3 is 0 Å². The number of hydrogen-bond acceptors (Lipinski definition) is 3. The Kier molecular flexibility index (Phi) is 5.99. The first kappa shape index (κ1) is 20.6. The van der Waals surface area contributed by atoms with Gasteiger partial charge in [-0.2, -0.15) is 0 Å². The van der Waals surface area contributed by atoms with Gasteiger partial charge in [0.1, 0.15) is 5.75 Å². The fourth-order valence-corrected chi connectivity index (χ4v) is 4.98. The standard InChI is InChI=1S/C27H34N2O2/c1-28(27(30)22-9-12-26(13-10-22)31-19-20-4-5-20)25-11-8-23-16-21(6-7-24(23)17-25)18-29-14-2-3-15-29/h6-7,9-10,12-13,16,20,25H,2-5,8,11,14-15,17-19H2,1H3. The normalized spacial score (nSPS) is 21.0. The zero-order valence-electron chi connectivity index (χ0n) is 18.7. The third-order valence-corrected chi connectivity index (χ3v) is 7.23. The Balaban J connectivity index is 1.19. The predicted molar refractivity (Wildman–Crippen MR) is 124 cm³/mol. The number of amides is 1. The Hall–Kier alpha value is -2.33. The summed E-state index contributed by atoms with van der Waals surface area (Å²) < 4.78 is 5.80. The molecule has 2 aromatic carbocycles. The molecule has 5 rings (SSSR count). The molecule has 1 amide bonds. The van der Waals surface area contributed by atoms with Gasteiger partial charge in [-0.3, -0.25) is 9.69 Å². The van der Waals surface area contributed by atoms with Crippen molar-refractivity contribution in [2.24, 2.45) is 5.92 Å². The van der Waals surface area contributed by atoms with E-state index >= 15 is 0 Å². The second-order valence-corrected chi connectivity index (χ2v) is 9.68. The van der Waals surface area contributed by atoms with Crippen LogP contribution in [0.25, 0.3) is 0 Å². The van der Waals surface area contributed by atoms with Gasteiger partial charge in [0.15, 0.2) is 0 Å². The van der Waals surface area contributed by atoms with E-state index in [1.165, 1.54) is 55.5 Å². The van der Waals surface area contributed by atoms with Gasteiger partial charge in [-0.15, -0.1) is 0 Å². The molecule has 1 saturated carbocycles. The van der Waals surface area contributed by atoms with Gasteiger partial charge in [-0.05, 0) is 105 Å². The molecule has 0 spiro atoms. The highest BCUT2D eigenvalue weighted by Gasteiger charge is 2.26. The SMILES string of the molecule is CN(C(=O)c1ccc(OCC2CC2)cc1)C1CCc2cc(CN3CCCC3)ccc2C1. The maximum Gasteiger partial charge on any atom is 0.253 e. The Labute approximate surface area is 186 Å². The van der Waals surface area contributed by atoms with Crippen LogP contribution in [-0.4, -0.2) is 48.5 Å². The number of likely N-dealkylation sites (N-methyl/N-ethyl adjacent to an activating group) is 1. The van der Waals surface area contributed by atoms with E-state index < -0.39 is 0 Å². The number of nitrogens with zero attached hydrogens (tertiary/aromatic N) is 2. The van der Waals surface area contributed by atoms with Crippen LogP contribution < -0.4 is 4.74 Å². The summed E-state index contributed by atoms with van der Waals surface area (Å²) in [5.74, 6) is 1.70. The summed E-state index contributed by atoms with van der Waals surface area (Å²) in [6, 6.07) is 14.9. The monoisotopic (exact) mass is 418 g/mol. The number of carbonyl (C=O) groups excluding carboxylic acids is 1. The van der Waals surface area contributed by atoms with Crippen LogP contribution in [0.5, 0.6) is 5.75 Å². The molecule has 2 aromatic rings. The summed E-state index contributed by atoms with van der Waals surface area (Å²) >= 11 is 0. The fraction of sp³-hybridized carbons (Fsp3) is 0.519. The summed E-state index contributed by atoms with van der Waals surface area (Å²) in [6.45, 7) is 4.35. The number of ether oxygens (including phenoxy) is 1. The highest BCUT2D eigenvalue weighted by atomic mass is 16.5. The number of benzene rings is 2. The second-order valence-electron chi connectivity index (χ2n) is 9.68. The van der Waals surface area contributed by atoms with E-state index in [0.29, 0.717) is 0 Å². The number of rotatable bonds is 7. The van der Waals surface area contributed by atoms with E-state index in [1.54, 1.807) is 0 Å². The van der Waals surface area contributed by atoms with Crippen molar-refractivity contribution < 1.29 is 9.53 Å². The van der Waals surface area contributed by atoms with E-state index in [1.807, 2.05) is 36.2 Å². The molecule has 164 valence electrons. The van der Waals surface area contributed by atoms with Crippen molar-refractivity contribution in [1.82, 2.24) is 9.80 Å². The first-order valence-electron chi connectivity index (χ1n) is 12.0. The summed E-state index contributed by atoms with van der Waals surface area (Å²) in [5.41, 5.74) is 5.07. The maximum atomic E-state index is 13.1. The first-order chi connectivity index (χ1) is 15.2. The highest BCUT2D eigenvalue weighted by Crippen LogP contribution is 2.30. The largest absolute Gasteiger partial charge is 0.493 e. The van der Waals surface area contributed by atoms with Crippen LogP contribution in [0.3, 0.4) is 0 Å². The lowest BCUT2D eigenvalue weighted by molar-refractivity contribution is 0.0719. The van der Waals surface area contributed by atoms with Crippen LogP contribution in [-0.2, 0) is 19.4 Å². The minimum absolute atomic E-state index is 0.104. The van der Waals surface area contributed by atoms with E-state index in [0.717, 1.165) is 49.6 Å². The average molecular weight is 419 g/mol. The highest BCUT2D eigenvalue weighted by molar-refractivity contribution is 5.94. The number of fused-ring (bicyclic) bond motifs is 1. The van der Waals surface area contributed by atoms with E-state index in [-0.39, 0.29) is 11.9 Å². The number of carbonyl (C=O) groups is 1. The minimum atomic E-state index is 0.104. The molecule has 1 atom stereocenters. The molecule has 4 heteroatoms. The molecule has 1 unspecified atom stereocenters. The molecule has 0 N–H and O–H groups in total. The third kappa shape index (κ3) is 4.95. The Morgan fingerprint density at radius 3 is 2.55 bits per heavy atom. The van der Waals surface area contributed by atoms with Crippen LogP contribution in [0.1, 0.15) is 59.2 Å². The van der Waals surface area contributed by atoms with Crippen molar-refractivity contribution in [2.45, 2.75) is 57.5 Å². The van der Waals surface area contributed by atoms with Crippen LogP contribution in [0.15, 0.2) is 42.5 Å². The van der Waals surface area contributed by atoms with Crippen LogP contribution >= 0.6 is 0 Å². The number of likely N-dealkylation sites (tertiary alicyclic amines) is 1. The molecule has 2 aliphatic carbocycles. The summed E-state index contributed by atoms with van der Waals surface area (Å²) in [4.78, 5) is 17.6. The molecular formula is C27H34N2O2. The van der Waals surface area contributed by atoms with Gasteiger partial charge in [0.25, 0.3) is 5.91 Å². The van der Waals surface area contributed by atoms with E-state index in [2.05, 4.69) is 23.1 Å². The lowest BCUT2D eigenvalue weighted by atomic mass is 9.86.